The zero-order valence-corrected chi connectivity index (χ0v) is 7.88. The van der Waals surface area contributed by atoms with E-state index >= 15 is 0 Å². The van der Waals surface area contributed by atoms with Gasteiger partial charge in [-0.1, -0.05) is 25.1 Å². The molecule has 0 aliphatic carbocycles. The van der Waals surface area contributed by atoms with E-state index in [4.69, 9.17) is 0 Å². The molecular weight excluding hydrogens is 167 g/mol. The molecule has 0 aliphatic rings. The molecule has 1 aromatic carbocycles. The van der Waals surface area contributed by atoms with Crippen molar-refractivity contribution in [1.29, 1.82) is 0 Å². The van der Waals surface area contributed by atoms with Crippen molar-refractivity contribution >= 4 is 6.29 Å². The predicted molar refractivity (Wildman–Crippen MR) is 50.2 cm³/mol. The molecule has 13 heavy (non-hydrogen) atoms. The first kappa shape index (κ1) is 9.90. The van der Waals surface area contributed by atoms with Crippen LogP contribution in [0.1, 0.15) is 30.4 Å². The van der Waals surface area contributed by atoms with E-state index in [0.29, 0.717) is 17.5 Å². The van der Waals surface area contributed by atoms with Crippen LogP contribution in [0.3, 0.4) is 0 Å². The van der Waals surface area contributed by atoms with Crippen LogP contribution in [0.25, 0.3) is 0 Å². The Kier molecular flexibility index (Phi) is 3.18. The smallest absolute Gasteiger partial charge is 0.129 e. The molecule has 0 fully saturated rings. The van der Waals surface area contributed by atoms with Crippen LogP contribution >= 0.6 is 0 Å². The van der Waals surface area contributed by atoms with E-state index in [2.05, 4.69) is 0 Å². The maximum absolute atomic E-state index is 13.5. The van der Waals surface area contributed by atoms with Gasteiger partial charge >= 0.3 is 0 Å². The van der Waals surface area contributed by atoms with Gasteiger partial charge < -0.3 is 4.79 Å². The van der Waals surface area contributed by atoms with Crippen LogP contribution in [-0.4, -0.2) is 6.29 Å². The first-order valence-corrected chi connectivity index (χ1v) is 4.35. The fraction of sp³-hybridized carbons (Fsp3) is 0.364. The topological polar surface area (TPSA) is 17.1 Å². The summed E-state index contributed by atoms with van der Waals surface area (Å²) in [5.41, 5.74) is 1.27. The van der Waals surface area contributed by atoms with Gasteiger partial charge in [-0.2, -0.15) is 0 Å². The minimum absolute atomic E-state index is 0.0302. The number of carbonyl (C=O) groups is 1. The Balaban J connectivity index is 3.00. The Morgan fingerprint density at radius 3 is 2.85 bits per heavy atom. The monoisotopic (exact) mass is 180 g/mol. The average molecular weight is 180 g/mol. The lowest BCUT2D eigenvalue weighted by atomic mass is 9.96. The normalized spacial score (nSPS) is 12.5. The van der Waals surface area contributed by atoms with Crippen LogP contribution in [-0.2, 0) is 4.79 Å². The zero-order valence-electron chi connectivity index (χ0n) is 7.88. The molecule has 0 radical (unpaired) electrons. The Morgan fingerprint density at radius 1 is 1.54 bits per heavy atom. The summed E-state index contributed by atoms with van der Waals surface area (Å²) >= 11 is 0. The van der Waals surface area contributed by atoms with Gasteiger partial charge in [0.2, 0.25) is 0 Å². The van der Waals surface area contributed by atoms with Crippen molar-refractivity contribution in [3.8, 4) is 0 Å². The average Bonchev–Trinajstić information content (AvgIpc) is 2.10. The maximum atomic E-state index is 13.5. The third kappa shape index (κ3) is 2.14. The summed E-state index contributed by atoms with van der Waals surface area (Å²) < 4.78 is 13.5. The van der Waals surface area contributed by atoms with Crippen LogP contribution in [0.2, 0.25) is 0 Å². The summed E-state index contributed by atoms with van der Waals surface area (Å²) in [4.78, 5) is 10.3. The van der Waals surface area contributed by atoms with Crippen molar-refractivity contribution in [3.63, 3.8) is 0 Å². The largest absolute Gasteiger partial charge is 0.303 e. The molecule has 0 bridgehead atoms. The molecule has 1 unspecified atom stereocenters. The molecule has 0 N–H and O–H groups in total. The first-order valence-electron chi connectivity index (χ1n) is 4.35. The summed E-state index contributed by atoms with van der Waals surface area (Å²) in [7, 11) is 0. The Morgan fingerprint density at radius 2 is 2.23 bits per heavy atom. The van der Waals surface area contributed by atoms with Crippen molar-refractivity contribution in [3.05, 3.63) is 35.1 Å². The van der Waals surface area contributed by atoms with E-state index in [9.17, 15) is 9.18 Å². The minimum Gasteiger partial charge on any atom is -0.303 e. The fourth-order valence-corrected chi connectivity index (χ4v) is 1.32. The molecule has 1 nitrogen and oxygen atoms in total. The van der Waals surface area contributed by atoms with Crippen molar-refractivity contribution in [2.45, 2.75) is 26.2 Å². The SMILES string of the molecule is Cc1cccc(C(C)CC=O)c1F. The summed E-state index contributed by atoms with van der Waals surface area (Å²) in [6.45, 7) is 3.58. The quantitative estimate of drug-likeness (QED) is 0.654. The Labute approximate surface area is 77.6 Å². The zero-order chi connectivity index (χ0) is 9.84. The van der Waals surface area contributed by atoms with Crippen LogP contribution < -0.4 is 0 Å². The second-order valence-corrected chi connectivity index (χ2v) is 3.28. The van der Waals surface area contributed by atoms with E-state index in [1.54, 1.807) is 19.1 Å². The third-order valence-electron chi connectivity index (χ3n) is 2.20. The second-order valence-electron chi connectivity index (χ2n) is 3.28. The van der Waals surface area contributed by atoms with E-state index in [1.807, 2.05) is 13.0 Å². The summed E-state index contributed by atoms with van der Waals surface area (Å²) in [6, 6.07) is 5.28. The standard InChI is InChI=1S/C11H13FO/c1-8(6-7-13)10-5-3-4-9(2)11(10)12/h3-5,7-8H,6H2,1-2H3. The van der Waals surface area contributed by atoms with E-state index in [1.165, 1.54) is 0 Å². The molecule has 0 spiro atoms. The molecule has 0 aromatic heterocycles. The highest BCUT2D eigenvalue weighted by atomic mass is 19.1. The van der Waals surface area contributed by atoms with Gasteiger partial charge in [-0.3, -0.25) is 0 Å². The Bertz CT molecular complexity index is 307. The van der Waals surface area contributed by atoms with Crippen molar-refractivity contribution < 1.29 is 9.18 Å². The number of halogens is 1. The van der Waals surface area contributed by atoms with Crippen LogP contribution in [0.4, 0.5) is 4.39 Å². The van der Waals surface area contributed by atoms with Gasteiger partial charge in [-0.05, 0) is 24.0 Å². The third-order valence-corrected chi connectivity index (χ3v) is 2.20. The van der Waals surface area contributed by atoms with Gasteiger partial charge in [-0.25, -0.2) is 4.39 Å². The number of rotatable bonds is 3. The van der Waals surface area contributed by atoms with Gasteiger partial charge in [0, 0.05) is 6.42 Å². The Hall–Kier alpha value is -1.18. The number of hydrogen-bond donors (Lipinski definition) is 0. The molecule has 2 heteroatoms. The number of aryl methyl sites for hydroxylation is 1. The van der Waals surface area contributed by atoms with Crippen LogP contribution in [0, 0.1) is 12.7 Å². The highest BCUT2D eigenvalue weighted by molar-refractivity contribution is 5.51. The van der Waals surface area contributed by atoms with Crippen LogP contribution in [0.5, 0.6) is 0 Å². The van der Waals surface area contributed by atoms with Crippen molar-refractivity contribution in [2.75, 3.05) is 0 Å². The summed E-state index contributed by atoms with van der Waals surface area (Å²) in [5.74, 6) is -0.214. The minimum atomic E-state index is -0.183. The number of hydrogen-bond acceptors (Lipinski definition) is 1. The summed E-state index contributed by atoms with van der Waals surface area (Å²) in [5, 5.41) is 0. The number of carbonyl (C=O) groups excluding carboxylic acids is 1. The molecule has 1 atom stereocenters. The predicted octanol–water partition coefficient (Wildman–Crippen LogP) is 2.83. The van der Waals surface area contributed by atoms with Gasteiger partial charge in [-0.15, -0.1) is 0 Å². The first-order chi connectivity index (χ1) is 6.16. The van der Waals surface area contributed by atoms with Crippen molar-refractivity contribution in [2.24, 2.45) is 0 Å². The van der Waals surface area contributed by atoms with E-state index < -0.39 is 0 Å². The molecule has 0 saturated heterocycles. The maximum Gasteiger partial charge on any atom is 0.129 e. The highest BCUT2D eigenvalue weighted by Gasteiger charge is 2.11. The summed E-state index contributed by atoms with van der Waals surface area (Å²) in [6.07, 6.45) is 1.20. The lowest BCUT2D eigenvalue weighted by molar-refractivity contribution is -0.108. The number of benzene rings is 1. The molecule has 0 aliphatic heterocycles. The molecule has 0 heterocycles. The highest BCUT2D eigenvalue weighted by Crippen LogP contribution is 2.22. The van der Waals surface area contributed by atoms with E-state index in [0.717, 1.165) is 6.29 Å². The van der Waals surface area contributed by atoms with Gasteiger partial charge in [0.15, 0.2) is 0 Å². The molecule has 0 amide bonds. The van der Waals surface area contributed by atoms with Crippen molar-refractivity contribution in [1.82, 2.24) is 0 Å². The molecular formula is C11H13FO. The molecule has 1 rings (SSSR count). The fourth-order valence-electron chi connectivity index (χ4n) is 1.32. The van der Waals surface area contributed by atoms with Gasteiger partial charge in [0.1, 0.15) is 12.1 Å². The molecule has 0 saturated carbocycles. The lowest BCUT2D eigenvalue weighted by Crippen LogP contribution is -1.99. The second kappa shape index (κ2) is 4.17. The number of aldehydes is 1. The molecule has 1 aromatic rings. The lowest BCUT2D eigenvalue weighted by Gasteiger charge is -2.10. The van der Waals surface area contributed by atoms with Crippen LogP contribution in [0.15, 0.2) is 18.2 Å². The van der Waals surface area contributed by atoms with E-state index in [-0.39, 0.29) is 11.7 Å². The van der Waals surface area contributed by atoms with Gasteiger partial charge in [0.25, 0.3) is 0 Å². The van der Waals surface area contributed by atoms with Gasteiger partial charge in [0.05, 0.1) is 0 Å². The molecule has 70 valence electrons.